The van der Waals surface area contributed by atoms with Gasteiger partial charge in [0.25, 0.3) is 0 Å². The molecule has 2 N–H and O–H groups in total. The number of aromatic nitrogens is 1. The average Bonchev–Trinajstić information content (AvgIpc) is 2.34. The number of aromatic hydroxyl groups is 2. The molecule has 0 atom stereocenters. The molecule has 0 radical (unpaired) electrons. The molecule has 0 aliphatic heterocycles. The molecule has 14 heavy (non-hydrogen) atoms. The fraction of sp³-hybridized carbons (Fsp3) is 0.375. The smallest absolute Gasteiger partial charge is 0.492 e. The van der Waals surface area contributed by atoms with E-state index in [9.17, 15) is 4.79 Å². The van der Waals surface area contributed by atoms with Gasteiger partial charge in [0.15, 0.2) is 0 Å². The minimum Gasteiger partial charge on any atom is -0.492 e. The van der Waals surface area contributed by atoms with Crippen LogP contribution >= 0.6 is 0 Å². The lowest BCUT2D eigenvalue weighted by atomic mass is 10.5. The van der Waals surface area contributed by atoms with Gasteiger partial charge in [0.1, 0.15) is 0 Å². The minimum atomic E-state index is -0.998. The van der Waals surface area contributed by atoms with Gasteiger partial charge in [0.2, 0.25) is 11.8 Å². The summed E-state index contributed by atoms with van der Waals surface area (Å²) >= 11 is 0. The summed E-state index contributed by atoms with van der Waals surface area (Å²) in [5.74, 6) is -0.772. The zero-order valence-corrected chi connectivity index (χ0v) is 7.80. The highest BCUT2D eigenvalue weighted by atomic mass is 16.8. The van der Waals surface area contributed by atoms with Crippen LogP contribution in [0.4, 0.5) is 4.79 Å². The molecule has 6 nitrogen and oxygen atoms in total. The van der Waals surface area contributed by atoms with E-state index in [4.69, 9.17) is 10.2 Å². The first-order valence-electron chi connectivity index (χ1n) is 3.99. The number of nitrogens with zero attached hydrogens (tertiary/aromatic N) is 1. The highest BCUT2D eigenvalue weighted by Gasteiger charge is 2.13. The zero-order chi connectivity index (χ0) is 10.7. The van der Waals surface area contributed by atoms with Gasteiger partial charge in [-0.15, -0.1) is 4.73 Å². The quantitative estimate of drug-likeness (QED) is 0.694. The molecule has 1 heterocycles. The fourth-order valence-corrected chi connectivity index (χ4v) is 0.784. The standard InChI is InChI=1S/C8H11NO5/c1-5(2)13-8(12)14-9-6(10)3-4-7(9)11/h3-5,10-11H,1-2H3. The summed E-state index contributed by atoms with van der Waals surface area (Å²) in [4.78, 5) is 15.4. The molecule has 0 spiro atoms. The van der Waals surface area contributed by atoms with Crippen LogP contribution in [0.3, 0.4) is 0 Å². The summed E-state index contributed by atoms with van der Waals surface area (Å²) < 4.78 is 5.19. The highest BCUT2D eigenvalue weighted by Crippen LogP contribution is 2.18. The predicted octanol–water partition coefficient (Wildman–Crippen LogP) is 0.873. The van der Waals surface area contributed by atoms with Crippen LogP contribution in [0.2, 0.25) is 0 Å². The molecule has 78 valence electrons. The van der Waals surface area contributed by atoms with Gasteiger partial charge >= 0.3 is 6.16 Å². The summed E-state index contributed by atoms with van der Waals surface area (Å²) in [6.45, 7) is 3.30. The Bertz CT molecular complexity index is 311. The molecule has 1 aromatic heterocycles. The van der Waals surface area contributed by atoms with Crippen molar-refractivity contribution in [2.24, 2.45) is 0 Å². The lowest BCUT2D eigenvalue weighted by Crippen LogP contribution is -2.22. The van der Waals surface area contributed by atoms with Gasteiger partial charge < -0.3 is 14.9 Å². The van der Waals surface area contributed by atoms with Gasteiger partial charge in [-0.05, 0) is 13.8 Å². The van der Waals surface area contributed by atoms with Crippen molar-refractivity contribution >= 4 is 6.16 Å². The van der Waals surface area contributed by atoms with Gasteiger partial charge in [-0.1, -0.05) is 0 Å². The molecule has 1 rings (SSSR count). The number of rotatable bonds is 2. The second-order valence-electron chi connectivity index (χ2n) is 2.85. The normalized spacial score (nSPS) is 10.2. The highest BCUT2D eigenvalue weighted by molar-refractivity contribution is 5.60. The second kappa shape index (κ2) is 3.91. The molecule has 0 aliphatic rings. The van der Waals surface area contributed by atoms with Crippen LogP contribution in [0.15, 0.2) is 12.1 Å². The summed E-state index contributed by atoms with van der Waals surface area (Å²) in [6.07, 6.45) is -1.33. The van der Waals surface area contributed by atoms with Crippen molar-refractivity contribution in [1.29, 1.82) is 0 Å². The van der Waals surface area contributed by atoms with Crippen molar-refractivity contribution in [3.63, 3.8) is 0 Å². The molecule has 0 aliphatic carbocycles. The molecule has 1 aromatic rings. The van der Waals surface area contributed by atoms with Crippen molar-refractivity contribution in [2.75, 3.05) is 0 Å². The Balaban J connectivity index is 2.64. The zero-order valence-electron chi connectivity index (χ0n) is 7.80. The lowest BCUT2D eigenvalue weighted by Gasteiger charge is -2.09. The van der Waals surface area contributed by atoms with Gasteiger partial charge in [0, 0.05) is 12.1 Å². The second-order valence-corrected chi connectivity index (χ2v) is 2.85. The first-order valence-corrected chi connectivity index (χ1v) is 3.99. The van der Waals surface area contributed by atoms with Crippen LogP contribution in [0.25, 0.3) is 0 Å². The first-order chi connectivity index (χ1) is 6.50. The SMILES string of the molecule is CC(C)OC(=O)On1c(O)ccc1O. The van der Waals surface area contributed by atoms with Crippen molar-refractivity contribution < 1.29 is 24.6 Å². The number of hydrogen-bond donors (Lipinski definition) is 2. The third kappa shape index (κ3) is 2.32. The van der Waals surface area contributed by atoms with Crippen molar-refractivity contribution in [1.82, 2.24) is 4.73 Å². The maximum absolute atomic E-state index is 10.9. The van der Waals surface area contributed by atoms with E-state index in [-0.39, 0.29) is 17.9 Å². The van der Waals surface area contributed by atoms with E-state index >= 15 is 0 Å². The molecule has 0 amide bonds. The molecule has 6 heteroatoms. The van der Waals surface area contributed by atoms with Crippen molar-refractivity contribution in [3.05, 3.63) is 12.1 Å². The van der Waals surface area contributed by atoms with E-state index in [0.717, 1.165) is 0 Å². The fourth-order valence-electron chi connectivity index (χ4n) is 0.784. The number of carbonyl (C=O) groups is 1. The summed E-state index contributed by atoms with van der Waals surface area (Å²) in [6, 6.07) is 2.36. The summed E-state index contributed by atoms with van der Waals surface area (Å²) in [5.41, 5.74) is 0. The molecule has 0 saturated carbocycles. The predicted molar refractivity (Wildman–Crippen MR) is 46.0 cm³/mol. The van der Waals surface area contributed by atoms with E-state index in [0.29, 0.717) is 4.73 Å². The molecule has 0 bridgehead atoms. The third-order valence-corrected chi connectivity index (χ3v) is 1.30. The molecular weight excluding hydrogens is 190 g/mol. The Morgan fingerprint density at radius 1 is 1.36 bits per heavy atom. The van der Waals surface area contributed by atoms with Crippen LogP contribution in [-0.4, -0.2) is 27.2 Å². The maximum Gasteiger partial charge on any atom is 0.534 e. The number of ether oxygens (including phenoxy) is 1. The van der Waals surface area contributed by atoms with Crippen molar-refractivity contribution in [3.8, 4) is 11.8 Å². The maximum atomic E-state index is 10.9. The Hall–Kier alpha value is -1.85. The van der Waals surface area contributed by atoms with E-state index in [1.807, 2.05) is 0 Å². The van der Waals surface area contributed by atoms with Crippen molar-refractivity contribution in [2.45, 2.75) is 20.0 Å². The van der Waals surface area contributed by atoms with Crippen LogP contribution in [0.5, 0.6) is 11.8 Å². The monoisotopic (exact) mass is 201 g/mol. The van der Waals surface area contributed by atoms with Crippen LogP contribution in [-0.2, 0) is 4.74 Å². The Labute approximate surface area is 80.2 Å². The number of carbonyl (C=O) groups excluding carboxylic acids is 1. The number of hydrogen-bond acceptors (Lipinski definition) is 5. The van der Waals surface area contributed by atoms with Gasteiger partial charge in [0.05, 0.1) is 6.10 Å². The Morgan fingerprint density at radius 3 is 2.29 bits per heavy atom. The Morgan fingerprint density at radius 2 is 1.86 bits per heavy atom. The summed E-state index contributed by atoms with van der Waals surface area (Å²) in [5, 5.41) is 18.2. The molecular formula is C8H11NO5. The van der Waals surface area contributed by atoms with E-state index in [1.54, 1.807) is 13.8 Å². The average molecular weight is 201 g/mol. The van der Waals surface area contributed by atoms with Gasteiger partial charge in [-0.25, -0.2) is 4.79 Å². The minimum absolute atomic E-state index is 0.331. The van der Waals surface area contributed by atoms with E-state index < -0.39 is 6.16 Å². The van der Waals surface area contributed by atoms with Crippen LogP contribution in [0, 0.1) is 0 Å². The molecule has 0 aromatic carbocycles. The molecule has 0 fully saturated rings. The molecule has 0 saturated heterocycles. The van der Waals surface area contributed by atoms with Crippen LogP contribution < -0.4 is 4.84 Å². The Kier molecular flexibility index (Phi) is 2.85. The van der Waals surface area contributed by atoms with E-state index in [2.05, 4.69) is 9.57 Å². The topological polar surface area (TPSA) is 80.9 Å². The first kappa shape index (κ1) is 10.2. The summed E-state index contributed by atoms with van der Waals surface area (Å²) in [7, 11) is 0. The third-order valence-electron chi connectivity index (χ3n) is 1.30. The van der Waals surface area contributed by atoms with Gasteiger partial charge in [-0.2, -0.15) is 0 Å². The van der Waals surface area contributed by atoms with Crippen LogP contribution in [0.1, 0.15) is 13.8 Å². The molecule has 0 unspecified atom stereocenters. The lowest BCUT2D eigenvalue weighted by molar-refractivity contribution is 0.0185. The largest absolute Gasteiger partial charge is 0.534 e. The van der Waals surface area contributed by atoms with E-state index in [1.165, 1.54) is 12.1 Å². The van der Waals surface area contributed by atoms with Gasteiger partial charge in [-0.3, -0.25) is 4.84 Å².